The van der Waals surface area contributed by atoms with E-state index in [0.717, 1.165) is 13.8 Å². The zero-order chi connectivity index (χ0) is 34.0. The van der Waals surface area contributed by atoms with E-state index in [4.69, 9.17) is 28.5 Å². The van der Waals surface area contributed by atoms with Crippen molar-refractivity contribution in [3.05, 3.63) is 0 Å². The van der Waals surface area contributed by atoms with Crippen molar-refractivity contribution in [3.63, 3.8) is 0 Å². The zero-order valence-corrected chi connectivity index (χ0v) is 26.1. The standard InChI is InChI=1S/C28H40N4O14/c1-14(33)31-24-26(44-17(4)36)25(43-16(3)35)20(13-30-27(40)19-11-18(12-29-19)42-15(2)34)45-28(24)41-10-6-5-7-23(39)46-32-21(37)8-9-22(32)38/h18-20,24-26,28-29H,5-13H2,1-4H3,(H,30,40)(H,31,33). The summed E-state index contributed by atoms with van der Waals surface area (Å²) in [6.45, 7) is 4.78. The van der Waals surface area contributed by atoms with Crippen LogP contribution in [0.25, 0.3) is 0 Å². The molecule has 7 atom stereocenters. The van der Waals surface area contributed by atoms with Gasteiger partial charge in [0.05, 0.1) is 6.04 Å². The molecular weight excluding hydrogens is 616 g/mol. The summed E-state index contributed by atoms with van der Waals surface area (Å²) in [5.74, 6) is -4.91. The summed E-state index contributed by atoms with van der Waals surface area (Å²) in [6.07, 6.45) is -4.85. The quantitative estimate of drug-likeness (QED) is 0.0817. The first-order valence-electron chi connectivity index (χ1n) is 14.9. The van der Waals surface area contributed by atoms with E-state index in [1.54, 1.807) is 0 Å². The lowest BCUT2D eigenvalue weighted by atomic mass is 9.95. The van der Waals surface area contributed by atoms with Crippen molar-refractivity contribution in [2.45, 2.75) is 109 Å². The highest BCUT2D eigenvalue weighted by Crippen LogP contribution is 2.28. The van der Waals surface area contributed by atoms with E-state index in [0.29, 0.717) is 5.06 Å². The molecule has 256 valence electrons. The summed E-state index contributed by atoms with van der Waals surface area (Å²) in [7, 11) is 0. The Morgan fingerprint density at radius 2 is 1.52 bits per heavy atom. The largest absolute Gasteiger partial charge is 0.461 e. The van der Waals surface area contributed by atoms with E-state index < -0.39 is 90.3 Å². The molecule has 18 heteroatoms. The summed E-state index contributed by atoms with van der Waals surface area (Å²) >= 11 is 0. The maximum absolute atomic E-state index is 12.9. The molecule has 3 aliphatic rings. The molecule has 4 amide bonds. The Hall–Kier alpha value is -4.16. The fourth-order valence-electron chi connectivity index (χ4n) is 5.19. The van der Waals surface area contributed by atoms with Gasteiger partial charge >= 0.3 is 23.9 Å². The number of nitrogens with one attached hydrogen (secondary N) is 3. The van der Waals surface area contributed by atoms with Crippen LogP contribution in [0.4, 0.5) is 0 Å². The Morgan fingerprint density at radius 1 is 0.891 bits per heavy atom. The first-order valence-corrected chi connectivity index (χ1v) is 14.9. The third-order valence-electron chi connectivity index (χ3n) is 7.09. The van der Waals surface area contributed by atoms with Crippen molar-refractivity contribution < 1.29 is 66.9 Å². The van der Waals surface area contributed by atoms with Gasteiger partial charge in [-0.1, -0.05) is 0 Å². The van der Waals surface area contributed by atoms with E-state index in [1.165, 1.54) is 13.8 Å². The Balaban J connectivity index is 1.66. The Labute approximate surface area is 264 Å². The summed E-state index contributed by atoms with van der Waals surface area (Å²) in [5.41, 5.74) is 0. The number of imide groups is 1. The molecule has 0 spiro atoms. The minimum Gasteiger partial charge on any atom is -0.461 e. The topological polar surface area (TPSA) is 231 Å². The van der Waals surface area contributed by atoms with Gasteiger partial charge in [-0.25, -0.2) is 4.79 Å². The zero-order valence-electron chi connectivity index (χ0n) is 26.1. The number of esters is 3. The molecule has 18 nitrogen and oxygen atoms in total. The van der Waals surface area contributed by atoms with Crippen molar-refractivity contribution in [1.82, 2.24) is 21.0 Å². The van der Waals surface area contributed by atoms with Crippen LogP contribution in [-0.2, 0) is 66.9 Å². The number of hydrogen-bond donors (Lipinski definition) is 3. The number of amides is 4. The molecule has 46 heavy (non-hydrogen) atoms. The number of ether oxygens (including phenoxy) is 5. The maximum atomic E-state index is 12.9. The lowest BCUT2D eigenvalue weighted by Gasteiger charge is -2.45. The highest BCUT2D eigenvalue weighted by atomic mass is 16.7. The SMILES string of the molecule is CC(=O)NC1C(OCCCCC(=O)ON2C(=O)CCC2=O)OC(CNC(=O)C2CC(OC(C)=O)CN2)C(OC(C)=O)C1OC(C)=O. The third-order valence-corrected chi connectivity index (χ3v) is 7.09. The molecule has 3 aliphatic heterocycles. The Bertz CT molecular complexity index is 1180. The molecule has 3 rings (SSSR count). The molecule has 0 aromatic rings. The number of rotatable bonds is 14. The van der Waals surface area contributed by atoms with E-state index in [9.17, 15) is 38.4 Å². The molecule has 0 radical (unpaired) electrons. The van der Waals surface area contributed by atoms with Crippen LogP contribution in [0.15, 0.2) is 0 Å². The minimum absolute atomic E-state index is 0.0246. The van der Waals surface area contributed by atoms with Gasteiger partial charge in [-0.05, 0) is 12.8 Å². The first kappa shape index (κ1) is 36.3. The van der Waals surface area contributed by atoms with Gasteiger partial charge in [0.15, 0.2) is 18.5 Å². The number of hydroxylamine groups is 2. The van der Waals surface area contributed by atoms with Crippen molar-refractivity contribution >= 4 is 47.5 Å². The smallest absolute Gasteiger partial charge is 0.333 e. The van der Waals surface area contributed by atoms with Crippen LogP contribution in [0.2, 0.25) is 0 Å². The van der Waals surface area contributed by atoms with Crippen molar-refractivity contribution in [2.24, 2.45) is 0 Å². The van der Waals surface area contributed by atoms with Crippen LogP contribution in [0.3, 0.4) is 0 Å². The summed E-state index contributed by atoms with van der Waals surface area (Å²) < 4.78 is 28.0. The van der Waals surface area contributed by atoms with Gasteiger partial charge in [0.25, 0.3) is 11.8 Å². The fraction of sp³-hybridized carbons (Fsp3) is 0.714. The number of nitrogens with zero attached hydrogens (tertiary/aromatic N) is 1. The molecule has 3 N–H and O–H groups in total. The van der Waals surface area contributed by atoms with Crippen LogP contribution in [0, 0.1) is 0 Å². The molecule has 7 unspecified atom stereocenters. The highest BCUT2D eigenvalue weighted by molar-refractivity contribution is 6.01. The van der Waals surface area contributed by atoms with Gasteiger partial charge in [0.1, 0.15) is 18.2 Å². The lowest BCUT2D eigenvalue weighted by molar-refractivity contribution is -0.270. The normalized spacial score (nSPS) is 27.5. The van der Waals surface area contributed by atoms with E-state index in [-0.39, 0.29) is 58.2 Å². The average Bonchev–Trinajstić information content (AvgIpc) is 3.55. The van der Waals surface area contributed by atoms with Crippen LogP contribution in [0.5, 0.6) is 0 Å². The molecule has 3 saturated heterocycles. The van der Waals surface area contributed by atoms with E-state index >= 15 is 0 Å². The Kier molecular flexibility index (Phi) is 13.4. The second-order valence-electron chi connectivity index (χ2n) is 11.0. The first-order chi connectivity index (χ1) is 21.7. The molecule has 3 heterocycles. The second kappa shape index (κ2) is 17.0. The maximum Gasteiger partial charge on any atom is 0.333 e. The molecule has 0 aromatic heterocycles. The summed E-state index contributed by atoms with van der Waals surface area (Å²) in [6, 6.07) is -1.83. The van der Waals surface area contributed by atoms with Crippen LogP contribution >= 0.6 is 0 Å². The van der Waals surface area contributed by atoms with Gasteiger partial charge < -0.3 is 44.5 Å². The van der Waals surface area contributed by atoms with E-state index in [2.05, 4.69) is 16.0 Å². The summed E-state index contributed by atoms with van der Waals surface area (Å²) in [5, 5.41) is 8.73. The predicted molar refractivity (Wildman–Crippen MR) is 149 cm³/mol. The average molecular weight is 657 g/mol. The molecule has 0 aromatic carbocycles. The van der Waals surface area contributed by atoms with Gasteiger partial charge in [-0.15, -0.1) is 5.06 Å². The predicted octanol–water partition coefficient (Wildman–Crippen LogP) is -1.72. The van der Waals surface area contributed by atoms with Crippen LogP contribution in [-0.4, -0.2) is 115 Å². The molecule has 0 bridgehead atoms. The number of unbranched alkanes of at least 4 members (excludes halogenated alkanes) is 1. The Morgan fingerprint density at radius 3 is 2.13 bits per heavy atom. The molecule has 3 fully saturated rings. The third kappa shape index (κ3) is 10.7. The number of hydrogen-bond acceptors (Lipinski definition) is 15. The lowest BCUT2D eigenvalue weighted by Crippen LogP contribution is -2.67. The van der Waals surface area contributed by atoms with Gasteiger partial charge in [0.2, 0.25) is 11.8 Å². The monoisotopic (exact) mass is 656 g/mol. The number of carbonyl (C=O) groups excluding carboxylic acids is 8. The van der Waals surface area contributed by atoms with Crippen molar-refractivity contribution in [2.75, 3.05) is 19.7 Å². The van der Waals surface area contributed by atoms with E-state index in [1.807, 2.05) is 0 Å². The molecule has 0 aliphatic carbocycles. The minimum atomic E-state index is -1.28. The fourth-order valence-corrected chi connectivity index (χ4v) is 5.19. The van der Waals surface area contributed by atoms with Crippen LogP contribution < -0.4 is 16.0 Å². The summed E-state index contributed by atoms with van der Waals surface area (Å²) in [4.78, 5) is 101. The van der Waals surface area contributed by atoms with Gasteiger partial charge in [-0.2, -0.15) is 0 Å². The van der Waals surface area contributed by atoms with Crippen molar-refractivity contribution in [1.29, 1.82) is 0 Å². The van der Waals surface area contributed by atoms with Gasteiger partial charge in [0, 0.05) is 73.1 Å². The molecular formula is C28H40N4O14. The highest BCUT2D eigenvalue weighted by Gasteiger charge is 2.51. The van der Waals surface area contributed by atoms with Crippen LogP contribution in [0.1, 0.15) is 66.2 Å². The van der Waals surface area contributed by atoms with Gasteiger partial charge in [-0.3, -0.25) is 33.6 Å². The molecule has 0 saturated carbocycles. The van der Waals surface area contributed by atoms with Crippen molar-refractivity contribution in [3.8, 4) is 0 Å². The number of carbonyl (C=O) groups is 8. The second-order valence-corrected chi connectivity index (χ2v) is 11.0.